The average Bonchev–Trinajstić information content (AvgIpc) is 3.20. The maximum Gasteiger partial charge on any atom is 0.307 e. The van der Waals surface area contributed by atoms with Crippen molar-refractivity contribution >= 4 is 11.9 Å². The van der Waals surface area contributed by atoms with Crippen LogP contribution in [0, 0.1) is 17.8 Å². The summed E-state index contributed by atoms with van der Waals surface area (Å²) in [6, 6.07) is 0. The highest BCUT2D eigenvalue weighted by molar-refractivity contribution is 5.83. The molecule has 0 aromatic heterocycles. The number of methoxy groups -OCH3 is 2. The number of hydrogen-bond acceptors (Lipinski definition) is 4. The Hall–Kier alpha value is -1.10. The minimum absolute atomic E-state index is 0.201. The van der Waals surface area contributed by atoms with Crippen LogP contribution in [0.5, 0.6) is 0 Å². The first-order chi connectivity index (χ1) is 9.69. The first-order valence-electron chi connectivity index (χ1n) is 7.53. The van der Waals surface area contributed by atoms with Crippen molar-refractivity contribution in [3.8, 4) is 0 Å². The molecule has 2 atom stereocenters. The molecule has 2 aliphatic carbocycles. The van der Waals surface area contributed by atoms with Gasteiger partial charge in [-0.3, -0.25) is 9.59 Å². The molecule has 5 nitrogen and oxygen atoms in total. The highest BCUT2D eigenvalue weighted by Crippen LogP contribution is 2.56. The van der Waals surface area contributed by atoms with E-state index in [1.807, 2.05) is 0 Å². The molecule has 0 N–H and O–H groups in total. The fourth-order valence-corrected chi connectivity index (χ4v) is 3.43. The van der Waals surface area contributed by atoms with Crippen LogP contribution < -0.4 is 0 Å². The first kappa shape index (κ1) is 15.3. The van der Waals surface area contributed by atoms with Crippen molar-refractivity contribution in [3.05, 3.63) is 0 Å². The second kappa shape index (κ2) is 7.07. The molecule has 1 amide bonds. The van der Waals surface area contributed by atoms with Crippen LogP contribution in [0.2, 0.25) is 0 Å². The Bertz CT molecular complexity index is 346. The number of rotatable bonds is 7. The number of esters is 1. The third-order valence-corrected chi connectivity index (χ3v) is 4.63. The molecule has 0 aliphatic heterocycles. The van der Waals surface area contributed by atoms with E-state index in [2.05, 4.69) is 4.74 Å². The van der Waals surface area contributed by atoms with Gasteiger partial charge in [0, 0.05) is 26.1 Å². The smallest absolute Gasteiger partial charge is 0.307 e. The van der Waals surface area contributed by atoms with Crippen LogP contribution in [0.1, 0.15) is 32.1 Å². The van der Waals surface area contributed by atoms with Crippen LogP contribution in [0.4, 0.5) is 0 Å². The summed E-state index contributed by atoms with van der Waals surface area (Å²) in [5.41, 5.74) is 0. The molecule has 0 bridgehead atoms. The number of carbonyl (C=O) groups excluding carboxylic acids is 2. The lowest BCUT2D eigenvalue weighted by Gasteiger charge is -2.22. The van der Waals surface area contributed by atoms with Crippen molar-refractivity contribution in [1.29, 1.82) is 0 Å². The van der Waals surface area contributed by atoms with E-state index in [0.29, 0.717) is 31.5 Å². The van der Waals surface area contributed by atoms with E-state index in [0.717, 1.165) is 0 Å². The van der Waals surface area contributed by atoms with Crippen molar-refractivity contribution in [3.63, 3.8) is 0 Å². The Morgan fingerprint density at radius 2 is 1.75 bits per heavy atom. The summed E-state index contributed by atoms with van der Waals surface area (Å²) < 4.78 is 9.71. The van der Waals surface area contributed by atoms with Gasteiger partial charge in [0.1, 0.15) is 0 Å². The average molecular weight is 283 g/mol. The van der Waals surface area contributed by atoms with Gasteiger partial charge in [-0.2, -0.15) is 0 Å². The second-order valence-electron chi connectivity index (χ2n) is 5.78. The van der Waals surface area contributed by atoms with Gasteiger partial charge in [-0.15, -0.1) is 0 Å². The van der Waals surface area contributed by atoms with Gasteiger partial charge in [-0.25, -0.2) is 0 Å². The topological polar surface area (TPSA) is 55.8 Å². The largest absolute Gasteiger partial charge is 0.469 e. The van der Waals surface area contributed by atoms with Crippen molar-refractivity contribution < 1.29 is 19.1 Å². The van der Waals surface area contributed by atoms with E-state index in [1.165, 1.54) is 32.8 Å². The summed E-state index contributed by atoms with van der Waals surface area (Å²) in [5, 5.41) is 0. The van der Waals surface area contributed by atoms with Gasteiger partial charge in [0.05, 0.1) is 20.1 Å². The van der Waals surface area contributed by atoms with Crippen LogP contribution >= 0.6 is 0 Å². The van der Waals surface area contributed by atoms with Crippen LogP contribution in [0.15, 0.2) is 0 Å². The Morgan fingerprint density at radius 1 is 1.10 bits per heavy atom. The lowest BCUT2D eigenvalue weighted by Crippen LogP contribution is -2.37. The molecule has 2 fully saturated rings. The fraction of sp³-hybridized carbons (Fsp3) is 0.867. The van der Waals surface area contributed by atoms with Gasteiger partial charge >= 0.3 is 5.97 Å². The molecule has 5 heteroatoms. The molecule has 2 unspecified atom stereocenters. The van der Waals surface area contributed by atoms with Gasteiger partial charge in [0.25, 0.3) is 0 Å². The minimum atomic E-state index is -0.270. The lowest BCUT2D eigenvalue weighted by atomic mass is 10.0. The number of amides is 1. The van der Waals surface area contributed by atoms with E-state index in [4.69, 9.17) is 4.74 Å². The molecule has 2 saturated carbocycles. The highest BCUT2D eigenvalue weighted by Gasteiger charge is 2.55. The van der Waals surface area contributed by atoms with E-state index >= 15 is 0 Å². The molecular formula is C15H25NO4. The minimum Gasteiger partial charge on any atom is -0.469 e. The predicted molar refractivity (Wildman–Crippen MR) is 74.0 cm³/mol. The van der Waals surface area contributed by atoms with Gasteiger partial charge in [0.2, 0.25) is 5.91 Å². The maximum absolute atomic E-state index is 12.6. The van der Waals surface area contributed by atoms with Crippen LogP contribution in [0.25, 0.3) is 0 Å². The van der Waals surface area contributed by atoms with E-state index in [9.17, 15) is 9.59 Å². The summed E-state index contributed by atoms with van der Waals surface area (Å²) in [6.07, 6.45) is 5.15. The molecule has 0 spiro atoms. The number of hydrogen-bond donors (Lipinski definition) is 0. The van der Waals surface area contributed by atoms with Crippen LogP contribution in [0.3, 0.4) is 0 Å². The van der Waals surface area contributed by atoms with Crippen molar-refractivity contribution in [2.24, 2.45) is 17.8 Å². The molecule has 114 valence electrons. The Labute approximate surface area is 120 Å². The van der Waals surface area contributed by atoms with Gasteiger partial charge in [0.15, 0.2) is 0 Å². The molecule has 0 aromatic carbocycles. The fourth-order valence-electron chi connectivity index (χ4n) is 3.43. The number of fused-ring (bicyclic) bond motifs is 1. The molecular weight excluding hydrogens is 258 g/mol. The van der Waals surface area contributed by atoms with Crippen molar-refractivity contribution in [1.82, 2.24) is 4.90 Å². The Morgan fingerprint density at radius 3 is 2.30 bits per heavy atom. The standard InChI is InChI=1S/C15H25NO4/c1-19-10-9-16(8-7-13(17)20-2)15(18)14-11-5-3-4-6-12(11)14/h11-12,14H,3-10H2,1-2H3. The third-order valence-electron chi connectivity index (χ3n) is 4.63. The molecule has 2 aliphatic rings. The Balaban J connectivity index is 1.88. The molecule has 0 heterocycles. The summed E-state index contributed by atoms with van der Waals surface area (Å²) in [6.45, 7) is 1.50. The summed E-state index contributed by atoms with van der Waals surface area (Å²) in [5.74, 6) is 1.34. The SMILES string of the molecule is COCCN(CCC(=O)OC)C(=O)C1C2CCCCC21. The first-order valence-corrected chi connectivity index (χ1v) is 7.53. The number of nitrogens with zero attached hydrogens (tertiary/aromatic N) is 1. The van der Waals surface area contributed by atoms with Gasteiger partial charge in [-0.1, -0.05) is 12.8 Å². The number of carbonyl (C=O) groups is 2. The molecule has 20 heavy (non-hydrogen) atoms. The zero-order valence-electron chi connectivity index (χ0n) is 12.5. The summed E-state index contributed by atoms with van der Waals surface area (Å²) in [4.78, 5) is 25.6. The number of ether oxygens (including phenoxy) is 2. The van der Waals surface area contributed by atoms with Gasteiger partial charge in [-0.05, 0) is 24.7 Å². The summed E-state index contributed by atoms with van der Waals surface area (Å²) in [7, 11) is 3.00. The predicted octanol–water partition coefficient (Wildman–Crippen LogP) is 1.46. The van der Waals surface area contributed by atoms with E-state index in [-0.39, 0.29) is 24.2 Å². The van der Waals surface area contributed by atoms with Crippen LogP contribution in [-0.4, -0.2) is 50.7 Å². The van der Waals surface area contributed by atoms with E-state index in [1.54, 1.807) is 12.0 Å². The van der Waals surface area contributed by atoms with Gasteiger partial charge < -0.3 is 14.4 Å². The lowest BCUT2D eigenvalue weighted by molar-refractivity contribution is -0.142. The zero-order valence-corrected chi connectivity index (χ0v) is 12.5. The van der Waals surface area contributed by atoms with Crippen molar-refractivity contribution in [2.45, 2.75) is 32.1 Å². The Kier molecular flexibility index (Phi) is 5.40. The van der Waals surface area contributed by atoms with E-state index < -0.39 is 0 Å². The van der Waals surface area contributed by atoms with Crippen LogP contribution in [-0.2, 0) is 19.1 Å². The summed E-state index contributed by atoms with van der Waals surface area (Å²) >= 11 is 0. The molecule has 0 aromatic rings. The molecule has 0 radical (unpaired) electrons. The van der Waals surface area contributed by atoms with Crippen molar-refractivity contribution in [2.75, 3.05) is 33.9 Å². The highest BCUT2D eigenvalue weighted by atomic mass is 16.5. The molecule has 2 rings (SSSR count). The quantitative estimate of drug-likeness (QED) is 0.664. The second-order valence-corrected chi connectivity index (χ2v) is 5.78. The molecule has 0 saturated heterocycles. The zero-order chi connectivity index (χ0) is 14.5. The maximum atomic E-state index is 12.6. The third kappa shape index (κ3) is 3.51. The monoisotopic (exact) mass is 283 g/mol. The normalized spacial score (nSPS) is 27.6.